The number of amides is 1. The Morgan fingerprint density at radius 1 is 1.20 bits per heavy atom. The monoisotopic (exact) mass is 356 g/mol. The summed E-state index contributed by atoms with van der Waals surface area (Å²) in [6, 6.07) is 13.7. The van der Waals surface area contributed by atoms with Gasteiger partial charge < -0.3 is 9.73 Å². The van der Waals surface area contributed by atoms with Gasteiger partial charge in [0.05, 0.1) is 11.9 Å². The second kappa shape index (κ2) is 7.98. The summed E-state index contributed by atoms with van der Waals surface area (Å²) in [7, 11) is 0. The Labute approximate surface area is 149 Å². The van der Waals surface area contributed by atoms with E-state index in [1.807, 2.05) is 31.2 Å². The largest absolute Gasteiger partial charge is 0.431 e. The van der Waals surface area contributed by atoms with Crippen LogP contribution < -0.4 is 5.32 Å². The minimum atomic E-state index is -0.304. The Bertz CT molecular complexity index is 862. The normalized spacial score (nSPS) is 10.6. The molecular formula is C19H17FN2O2S. The average Bonchev–Trinajstić information content (AvgIpc) is 3.10. The molecule has 0 unspecified atom stereocenters. The van der Waals surface area contributed by atoms with Gasteiger partial charge in [-0.3, -0.25) is 4.79 Å². The molecule has 128 valence electrons. The van der Waals surface area contributed by atoms with Crippen LogP contribution in [0.4, 0.5) is 10.1 Å². The zero-order chi connectivity index (χ0) is 17.6. The molecule has 1 N–H and O–H groups in total. The van der Waals surface area contributed by atoms with Gasteiger partial charge in [-0.1, -0.05) is 36.9 Å². The molecule has 0 bridgehead atoms. The van der Waals surface area contributed by atoms with Gasteiger partial charge in [0.1, 0.15) is 5.82 Å². The molecule has 2 aromatic carbocycles. The highest BCUT2D eigenvalue weighted by Gasteiger charge is 2.11. The lowest BCUT2D eigenvalue weighted by atomic mass is 10.1. The smallest absolute Gasteiger partial charge is 0.256 e. The van der Waals surface area contributed by atoms with Crippen molar-refractivity contribution in [2.24, 2.45) is 0 Å². The maximum Gasteiger partial charge on any atom is 0.256 e. The molecule has 3 rings (SSSR count). The van der Waals surface area contributed by atoms with Gasteiger partial charge in [-0.2, -0.15) is 0 Å². The van der Waals surface area contributed by atoms with Crippen molar-refractivity contribution in [3.05, 3.63) is 66.1 Å². The summed E-state index contributed by atoms with van der Waals surface area (Å²) in [6.07, 6.45) is 2.42. The molecule has 0 radical (unpaired) electrons. The number of rotatable bonds is 6. The summed E-state index contributed by atoms with van der Waals surface area (Å²) in [4.78, 5) is 16.3. The number of hydrogen-bond acceptors (Lipinski definition) is 4. The zero-order valence-corrected chi connectivity index (χ0v) is 14.5. The molecule has 1 heterocycles. The molecule has 3 aromatic rings. The Hall–Kier alpha value is -2.60. The van der Waals surface area contributed by atoms with Crippen molar-refractivity contribution in [1.82, 2.24) is 4.98 Å². The van der Waals surface area contributed by atoms with Crippen LogP contribution in [0.1, 0.15) is 12.5 Å². The SMILES string of the molecule is CCc1ccccc1NC(=O)CSc1ncc(-c2ccc(F)cc2)o1. The van der Waals surface area contributed by atoms with Crippen molar-refractivity contribution >= 4 is 23.4 Å². The van der Waals surface area contributed by atoms with Crippen LogP contribution in [0.15, 0.2) is 64.4 Å². The lowest BCUT2D eigenvalue weighted by molar-refractivity contribution is -0.113. The molecule has 0 aliphatic carbocycles. The molecular weight excluding hydrogens is 339 g/mol. The standard InChI is InChI=1S/C19H17FN2O2S/c1-2-13-5-3-4-6-16(13)22-18(23)12-25-19-21-11-17(24-19)14-7-9-15(20)10-8-14/h3-11H,2,12H2,1H3,(H,22,23). The van der Waals surface area contributed by atoms with Crippen LogP contribution in [0.2, 0.25) is 0 Å². The first-order valence-electron chi connectivity index (χ1n) is 7.88. The highest BCUT2D eigenvalue weighted by atomic mass is 32.2. The molecule has 0 fully saturated rings. The predicted molar refractivity (Wildman–Crippen MR) is 97.1 cm³/mol. The van der Waals surface area contributed by atoms with Crippen molar-refractivity contribution < 1.29 is 13.6 Å². The lowest BCUT2D eigenvalue weighted by Gasteiger charge is -2.08. The number of nitrogens with zero attached hydrogens (tertiary/aromatic N) is 1. The fourth-order valence-electron chi connectivity index (χ4n) is 2.34. The molecule has 0 saturated carbocycles. The molecule has 0 aliphatic heterocycles. The Morgan fingerprint density at radius 2 is 1.96 bits per heavy atom. The summed E-state index contributed by atoms with van der Waals surface area (Å²) in [6.45, 7) is 2.05. The third-order valence-corrected chi connectivity index (χ3v) is 4.45. The van der Waals surface area contributed by atoms with Crippen LogP contribution in [-0.4, -0.2) is 16.6 Å². The van der Waals surface area contributed by atoms with Crippen LogP contribution in [0.3, 0.4) is 0 Å². The number of oxazole rings is 1. The van der Waals surface area contributed by atoms with Gasteiger partial charge >= 0.3 is 0 Å². The van der Waals surface area contributed by atoms with E-state index in [1.54, 1.807) is 18.3 Å². The number of carbonyl (C=O) groups is 1. The maximum absolute atomic E-state index is 13.0. The van der Waals surface area contributed by atoms with E-state index in [4.69, 9.17) is 4.42 Å². The van der Waals surface area contributed by atoms with Gasteiger partial charge in [-0.15, -0.1) is 0 Å². The topological polar surface area (TPSA) is 55.1 Å². The van der Waals surface area contributed by atoms with Crippen LogP contribution in [0, 0.1) is 5.82 Å². The van der Waals surface area contributed by atoms with Crippen LogP contribution in [-0.2, 0) is 11.2 Å². The number of aromatic nitrogens is 1. The fraction of sp³-hybridized carbons (Fsp3) is 0.158. The van der Waals surface area contributed by atoms with Crippen LogP contribution >= 0.6 is 11.8 Å². The quantitative estimate of drug-likeness (QED) is 0.646. The highest BCUT2D eigenvalue weighted by Crippen LogP contribution is 2.26. The highest BCUT2D eigenvalue weighted by molar-refractivity contribution is 7.99. The first-order chi connectivity index (χ1) is 12.2. The molecule has 0 atom stereocenters. The summed E-state index contributed by atoms with van der Waals surface area (Å²) in [5.74, 6) is 0.315. The summed E-state index contributed by atoms with van der Waals surface area (Å²) >= 11 is 1.22. The number of thioether (sulfide) groups is 1. The third kappa shape index (κ3) is 4.48. The molecule has 0 saturated heterocycles. The summed E-state index contributed by atoms with van der Waals surface area (Å²) < 4.78 is 18.6. The number of carbonyl (C=O) groups excluding carboxylic acids is 1. The first kappa shape index (κ1) is 17.2. The number of para-hydroxylation sites is 1. The third-order valence-electron chi connectivity index (χ3n) is 3.61. The molecule has 25 heavy (non-hydrogen) atoms. The van der Waals surface area contributed by atoms with E-state index in [1.165, 1.54) is 23.9 Å². The van der Waals surface area contributed by atoms with E-state index in [-0.39, 0.29) is 17.5 Å². The minimum absolute atomic E-state index is 0.118. The van der Waals surface area contributed by atoms with E-state index >= 15 is 0 Å². The van der Waals surface area contributed by atoms with Gasteiger partial charge in [0.2, 0.25) is 5.91 Å². The van der Waals surface area contributed by atoms with Crippen molar-refractivity contribution in [1.29, 1.82) is 0 Å². The Kier molecular flexibility index (Phi) is 5.50. The van der Waals surface area contributed by atoms with Gasteiger partial charge in [0, 0.05) is 11.3 Å². The van der Waals surface area contributed by atoms with Gasteiger partial charge in [-0.05, 0) is 42.3 Å². The second-order valence-corrected chi connectivity index (χ2v) is 6.27. The van der Waals surface area contributed by atoms with Gasteiger partial charge in [0.25, 0.3) is 5.22 Å². The Balaban J connectivity index is 1.58. The molecule has 1 amide bonds. The Morgan fingerprint density at radius 3 is 2.72 bits per heavy atom. The number of halogens is 1. The van der Waals surface area contributed by atoms with Gasteiger partial charge in [0.15, 0.2) is 5.76 Å². The molecule has 1 aromatic heterocycles. The van der Waals surface area contributed by atoms with Crippen molar-refractivity contribution in [2.45, 2.75) is 18.6 Å². The molecule has 6 heteroatoms. The average molecular weight is 356 g/mol. The predicted octanol–water partition coefficient (Wildman–Crippen LogP) is 4.77. The fourth-order valence-corrected chi connectivity index (χ4v) is 2.94. The molecule has 0 spiro atoms. The van der Waals surface area contributed by atoms with E-state index in [2.05, 4.69) is 10.3 Å². The lowest BCUT2D eigenvalue weighted by Crippen LogP contribution is -2.15. The number of hydrogen-bond donors (Lipinski definition) is 1. The second-order valence-electron chi connectivity index (χ2n) is 5.34. The summed E-state index contributed by atoms with van der Waals surface area (Å²) in [5, 5.41) is 3.31. The first-order valence-corrected chi connectivity index (χ1v) is 8.86. The van der Waals surface area contributed by atoms with E-state index < -0.39 is 0 Å². The molecule has 4 nitrogen and oxygen atoms in total. The zero-order valence-electron chi connectivity index (χ0n) is 13.7. The summed E-state index contributed by atoms with van der Waals surface area (Å²) in [5.41, 5.74) is 2.66. The van der Waals surface area contributed by atoms with E-state index in [0.717, 1.165) is 23.2 Å². The number of benzene rings is 2. The van der Waals surface area contributed by atoms with Gasteiger partial charge in [-0.25, -0.2) is 9.37 Å². The van der Waals surface area contributed by atoms with Crippen LogP contribution in [0.25, 0.3) is 11.3 Å². The minimum Gasteiger partial charge on any atom is -0.431 e. The van der Waals surface area contributed by atoms with E-state index in [9.17, 15) is 9.18 Å². The van der Waals surface area contributed by atoms with Crippen molar-refractivity contribution in [2.75, 3.05) is 11.1 Å². The number of nitrogens with one attached hydrogen (secondary N) is 1. The van der Waals surface area contributed by atoms with Crippen LogP contribution in [0.5, 0.6) is 0 Å². The van der Waals surface area contributed by atoms with Crippen molar-refractivity contribution in [3.63, 3.8) is 0 Å². The number of aryl methyl sites for hydroxylation is 1. The maximum atomic E-state index is 13.0. The molecule has 0 aliphatic rings. The van der Waals surface area contributed by atoms with E-state index in [0.29, 0.717) is 11.0 Å². The van der Waals surface area contributed by atoms with Crippen molar-refractivity contribution in [3.8, 4) is 11.3 Å². The number of anilines is 1.